The molecule has 0 unspecified atom stereocenters. The zero-order valence-corrected chi connectivity index (χ0v) is 12.1. The summed E-state index contributed by atoms with van der Waals surface area (Å²) >= 11 is 1.30. The Kier molecular flexibility index (Phi) is 5.23. The molecule has 0 atom stereocenters. The van der Waals surface area contributed by atoms with E-state index in [9.17, 15) is 9.59 Å². The van der Waals surface area contributed by atoms with Gasteiger partial charge >= 0.3 is 6.03 Å². The maximum Gasteiger partial charge on any atom is 0.321 e. The van der Waals surface area contributed by atoms with Gasteiger partial charge in [0.05, 0.1) is 5.75 Å². The number of urea groups is 1. The molecule has 3 amide bonds. The van der Waals surface area contributed by atoms with Crippen LogP contribution in [-0.4, -0.2) is 23.2 Å². The van der Waals surface area contributed by atoms with Crippen molar-refractivity contribution in [3.63, 3.8) is 0 Å². The Balaban J connectivity index is 2.40. The number of nitrogens with one attached hydrogen (secondary N) is 2. The number of rotatable bonds is 3. The Hall–Kier alpha value is -1.69. The van der Waals surface area contributed by atoms with Crippen molar-refractivity contribution in [2.75, 3.05) is 11.5 Å². The number of para-hydroxylation sites is 1. The van der Waals surface area contributed by atoms with Crippen molar-refractivity contribution in [3.05, 3.63) is 24.3 Å². The first kappa shape index (κ1) is 15.4. The lowest BCUT2D eigenvalue weighted by molar-refractivity contribution is -0.117. The van der Waals surface area contributed by atoms with E-state index in [4.69, 9.17) is 5.73 Å². The van der Waals surface area contributed by atoms with E-state index in [0.717, 1.165) is 4.90 Å². The van der Waals surface area contributed by atoms with Gasteiger partial charge in [-0.1, -0.05) is 12.1 Å². The Bertz CT molecular complexity index is 469. The maximum atomic E-state index is 11.6. The van der Waals surface area contributed by atoms with Crippen LogP contribution in [0.5, 0.6) is 0 Å². The van der Waals surface area contributed by atoms with E-state index in [-0.39, 0.29) is 17.2 Å². The van der Waals surface area contributed by atoms with Gasteiger partial charge in [-0.3, -0.25) is 10.1 Å². The third kappa shape index (κ3) is 6.15. The third-order valence-corrected chi connectivity index (χ3v) is 3.11. The molecule has 0 bridgehead atoms. The minimum Gasteiger partial charge on any atom is -0.398 e. The van der Waals surface area contributed by atoms with E-state index in [1.807, 2.05) is 39.0 Å². The molecule has 0 saturated carbocycles. The summed E-state index contributed by atoms with van der Waals surface area (Å²) in [7, 11) is 0. The SMILES string of the molecule is CC(C)(C)NC(=O)NC(=O)CSc1ccccc1N. The lowest BCUT2D eigenvalue weighted by Crippen LogP contribution is -2.48. The Labute approximate surface area is 117 Å². The van der Waals surface area contributed by atoms with E-state index >= 15 is 0 Å². The van der Waals surface area contributed by atoms with E-state index in [1.165, 1.54) is 11.8 Å². The van der Waals surface area contributed by atoms with Crippen molar-refractivity contribution in [3.8, 4) is 0 Å². The fraction of sp³-hybridized carbons (Fsp3) is 0.385. The van der Waals surface area contributed by atoms with Crippen LogP contribution in [0.2, 0.25) is 0 Å². The molecule has 1 aromatic rings. The lowest BCUT2D eigenvalue weighted by Gasteiger charge is -2.20. The number of carbonyl (C=O) groups is 2. The molecule has 0 aromatic heterocycles. The van der Waals surface area contributed by atoms with Gasteiger partial charge in [0.2, 0.25) is 5.91 Å². The van der Waals surface area contributed by atoms with Gasteiger partial charge in [0.25, 0.3) is 0 Å². The second-order valence-corrected chi connectivity index (χ2v) is 6.10. The van der Waals surface area contributed by atoms with E-state index in [2.05, 4.69) is 10.6 Å². The number of hydrogen-bond acceptors (Lipinski definition) is 4. The minimum atomic E-state index is -0.487. The summed E-state index contributed by atoms with van der Waals surface area (Å²) in [5.41, 5.74) is 6.01. The number of nitrogen functional groups attached to an aromatic ring is 1. The van der Waals surface area contributed by atoms with Crippen LogP contribution in [0.3, 0.4) is 0 Å². The number of imide groups is 1. The second kappa shape index (κ2) is 6.47. The highest BCUT2D eigenvalue weighted by molar-refractivity contribution is 8.00. The van der Waals surface area contributed by atoms with Gasteiger partial charge in [-0.2, -0.15) is 0 Å². The molecular formula is C13H19N3O2S. The van der Waals surface area contributed by atoms with Gasteiger partial charge in [-0.05, 0) is 32.9 Å². The van der Waals surface area contributed by atoms with Crippen molar-refractivity contribution < 1.29 is 9.59 Å². The highest BCUT2D eigenvalue weighted by Crippen LogP contribution is 2.23. The molecule has 19 heavy (non-hydrogen) atoms. The number of benzene rings is 1. The van der Waals surface area contributed by atoms with Gasteiger partial charge in [-0.15, -0.1) is 11.8 Å². The van der Waals surface area contributed by atoms with Crippen LogP contribution in [0, 0.1) is 0 Å². The van der Waals surface area contributed by atoms with Crippen LogP contribution in [0.1, 0.15) is 20.8 Å². The van der Waals surface area contributed by atoms with Crippen LogP contribution < -0.4 is 16.4 Å². The number of hydrogen-bond donors (Lipinski definition) is 3. The molecule has 0 aliphatic carbocycles. The molecule has 1 aromatic carbocycles. The smallest absolute Gasteiger partial charge is 0.321 e. The summed E-state index contributed by atoms with van der Waals surface area (Å²) in [4.78, 5) is 23.9. The Morgan fingerprint density at radius 2 is 1.89 bits per heavy atom. The van der Waals surface area contributed by atoms with E-state index in [1.54, 1.807) is 6.07 Å². The molecule has 6 heteroatoms. The first-order valence-corrected chi connectivity index (χ1v) is 6.86. The predicted molar refractivity (Wildman–Crippen MR) is 78.0 cm³/mol. The number of thioether (sulfide) groups is 1. The molecule has 0 radical (unpaired) electrons. The van der Waals surface area contributed by atoms with Crippen molar-refractivity contribution in [2.45, 2.75) is 31.2 Å². The minimum absolute atomic E-state index is 0.145. The summed E-state index contributed by atoms with van der Waals surface area (Å²) in [5.74, 6) is -0.207. The van der Waals surface area contributed by atoms with Crippen molar-refractivity contribution in [1.29, 1.82) is 0 Å². The standard InChI is InChI=1S/C13H19N3O2S/c1-13(2,3)16-12(18)15-11(17)8-19-10-7-5-4-6-9(10)14/h4-7H,8,14H2,1-3H3,(H2,15,16,17,18). The zero-order valence-electron chi connectivity index (χ0n) is 11.3. The average molecular weight is 281 g/mol. The number of anilines is 1. The molecule has 0 aliphatic heterocycles. The topological polar surface area (TPSA) is 84.2 Å². The maximum absolute atomic E-state index is 11.6. The second-order valence-electron chi connectivity index (χ2n) is 5.08. The highest BCUT2D eigenvalue weighted by Gasteiger charge is 2.15. The predicted octanol–water partition coefficient (Wildman–Crippen LogP) is 1.99. The van der Waals surface area contributed by atoms with Gasteiger partial charge < -0.3 is 11.1 Å². The quantitative estimate of drug-likeness (QED) is 0.584. The number of amides is 3. The molecule has 104 valence electrons. The molecule has 1 rings (SSSR count). The molecule has 4 N–H and O–H groups in total. The fourth-order valence-electron chi connectivity index (χ4n) is 1.29. The fourth-order valence-corrected chi connectivity index (χ4v) is 2.06. The monoisotopic (exact) mass is 281 g/mol. The normalized spacial score (nSPS) is 10.9. The summed E-state index contributed by atoms with van der Waals surface area (Å²) in [5, 5.41) is 4.93. The molecular weight excluding hydrogens is 262 g/mol. The van der Waals surface area contributed by atoms with Crippen molar-refractivity contribution >= 4 is 29.4 Å². The summed E-state index contributed by atoms with van der Waals surface area (Å²) in [6, 6.07) is 6.80. The number of nitrogens with two attached hydrogens (primary N) is 1. The van der Waals surface area contributed by atoms with Gasteiger partial charge in [0.15, 0.2) is 0 Å². The van der Waals surface area contributed by atoms with Crippen LogP contribution >= 0.6 is 11.8 Å². The lowest BCUT2D eigenvalue weighted by atomic mass is 10.1. The molecule has 0 heterocycles. The Morgan fingerprint density at radius 3 is 2.47 bits per heavy atom. The van der Waals surface area contributed by atoms with E-state index < -0.39 is 6.03 Å². The van der Waals surface area contributed by atoms with E-state index in [0.29, 0.717) is 5.69 Å². The molecule has 0 spiro atoms. The average Bonchev–Trinajstić information content (AvgIpc) is 2.25. The number of carbonyl (C=O) groups excluding carboxylic acids is 2. The third-order valence-electron chi connectivity index (χ3n) is 2.02. The zero-order chi connectivity index (χ0) is 14.5. The summed E-state index contributed by atoms with van der Waals surface area (Å²) < 4.78 is 0. The van der Waals surface area contributed by atoms with Gasteiger partial charge in [0.1, 0.15) is 0 Å². The largest absolute Gasteiger partial charge is 0.398 e. The molecule has 0 fully saturated rings. The molecule has 0 aliphatic rings. The molecule has 5 nitrogen and oxygen atoms in total. The first-order valence-electron chi connectivity index (χ1n) is 5.87. The van der Waals surface area contributed by atoms with Gasteiger partial charge in [-0.25, -0.2) is 4.79 Å². The summed E-state index contributed by atoms with van der Waals surface area (Å²) in [6.45, 7) is 5.53. The van der Waals surface area contributed by atoms with Crippen LogP contribution in [0.4, 0.5) is 10.5 Å². The van der Waals surface area contributed by atoms with Crippen molar-refractivity contribution in [2.24, 2.45) is 0 Å². The highest BCUT2D eigenvalue weighted by atomic mass is 32.2. The first-order chi connectivity index (χ1) is 8.78. The molecule has 0 saturated heterocycles. The van der Waals surface area contributed by atoms with Crippen molar-refractivity contribution in [1.82, 2.24) is 10.6 Å². The summed E-state index contributed by atoms with van der Waals surface area (Å²) in [6.07, 6.45) is 0. The van der Waals surface area contributed by atoms with Crippen LogP contribution in [0.25, 0.3) is 0 Å². The van der Waals surface area contributed by atoms with Crippen LogP contribution in [-0.2, 0) is 4.79 Å². The van der Waals surface area contributed by atoms with Gasteiger partial charge in [0, 0.05) is 16.1 Å². The van der Waals surface area contributed by atoms with Crippen LogP contribution in [0.15, 0.2) is 29.2 Å². The Morgan fingerprint density at radius 1 is 1.26 bits per heavy atom.